The Morgan fingerprint density at radius 1 is 0.603 bits per heavy atom. The maximum absolute atomic E-state index is 7.30. The fourth-order valence-electron chi connectivity index (χ4n) is 11.1. The molecule has 10 nitrogen and oxygen atoms in total. The second-order valence-corrected chi connectivity index (χ2v) is 17.0. The number of aromatic nitrogens is 4. The Balaban J connectivity index is 1.06. The lowest BCUT2D eigenvalue weighted by atomic mass is 9.72. The van der Waals surface area contributed by atoms with Crippen molar-refractivity contribution >= 4 is 32.6 Å². The number of hydrogen-bond acceptors (Lipinski definition) is 10. The van der Waals surface area contributed by atoms with Gasteiger partial charge in [0.15, 0.2) is 0 Å². The van der Waals surface area contributed by atoms with Crippen LogP contribution in [0.5, 0.6) is 23.3 Å². The van der Waals surface area contributed by atoms with E-state index in [1.807, 2.05) is 36.7 Å². The standard InChI is InChI=1S/C48H54N6O4/c1-5-29-27-53-21-17-31(29)23-43(53)45(35-15-19-49-41-13-11-33(55-3)25-39(35)41)57-47-37-9-7-8-10-38(37)48(52-51-47)58-46(44-24-32-18-22-54(44)28-30(32)6-2)36-16-20-50-42-14-12-34(56-4)26-40(36)42/h7-16,19-20,25-26,29-32,43-46H,5-6,17-18,21-24,27-28H2,1-4H3/t29-,30?,31?,32-,43?,44?,45-,46-/m0/s1. The van der Waals surface area contributed by atoms with Crippen LogP contribution in [0.15, 0.2) is 85.2 Å². The Morgan fingerprint density at radius 2 is 1.07 bits per heavy atom. The smallest absolute Gasteiger partial charge is 0.242 e. The monoisotopic (exact) mass is 778 g/mol. The van der Waals surface area contributed by atoms with E-state index in [9.17, 15) is 0 Å². The van der Waals surface area contributed by atoms with Gasteiger partial charge in [-0.25, -0.2) is 0 Å². The van der Waals surface area contributed by atoms with Crippen LogP contribution in [0.3, 0.4) is 0 Å². The largest absolute Gasteiger partial charge is 0.497 e. The van der Waals surface area contributed by atoms with E-state index >= 15 is 0 Å². The van der Waals surface area contributed by atoms with Crippen LogP contribution in [-0.4, -0.2) is 82.4 Å². The summed E-state index contributed by atoms with van der Waals surface area (Å²) in [5.41, 5.74) is 4.01. The summed E-state index contributed by atoms with van der Waals surface area (Å²) in [6.07, 6.45) is 10.2. The number of rotatable bonds is 12. The van der Waals surface area contributed by atoms with Crippen LogP contribution >= 0.6 is 0 Å². The molecule has 0 aliphatic carbocycles. The summed E-state index contributed by atoms with van der Waals surface area (Å²) in [6, 6.07) is 25.1. The van der Waals surface area contributed by atoms with Crippen LogP contribution in [-0.2, 0) is 0 Å². The van der Waals surface area contributed by atoms with Crippen molar-refractivity contribution in [1.29, 1.82) is 0 Å². The molecule has 0 spiro atoms. The van der Waals surface area contributed by atoms with Gasteiger partial charge in [0.2, 0.25) is 11.8 Å². The van der Waals surface area contributed by atoms with E-state index in [0.29, 0.717) is 35.4 Å². The van der Waals surface area contributed by atoms with Crippen molar-refractivity contribution in [2.45, 2.75) is 76.7 Å². The van der Waals surface area contributed by atoms with Gasteiger partial charge in [0, 0.05) is 47.4 Å². The molecule has 10 heteroatoms. The summed E-state index contributed by atoms with van der Waals surface area (Å²) in [4.78, 5) is 14.8. The molecule has 0 radical (unpaired) electrons. The highest BCUT2D eigenvalue weighted by Gasteiger charge is 2.46. The fraction of sp³-hybridized carbons (Fsp3) is 0.458. The third-order valence-electron chi connectivity index (χ3n) is 14.3. The SMILES string of the molecule is CCC1CN2CC[C@H]1CC2[C@@H](Oc1nnc(O[C@@H](c2ccnc3ccc(OC)cc23)C2CC3CCN2C[C@@H]3CC)c2ccccc12)c1ccnc2ccc(OC)cc12. The van der Waals surface area contributed by atoms with Gasteiger partial charge in [-0.3, -0.25) is 19.8 Å². The normalized spacial score (nSPS) is 27.4. The van der Waals surface area contributed by atoms with Gasteiger partial charge in [-0.05, 0) is 123 Å². The zero-order valence-corrected chi connectivity index (χ0v) is 34.1. The maximum Gasteiger partial charge on any atom is 0.242 e. The molecule has 9 heterocycles. The fourth-order valence-corrected chi connectivity index (χ4v) is 11.1. The number of fused-ring (bicyclic) bond motifs is 9. The molecule has 0 N–H and O–H groups in total. The van der Waals surface area contributed by atoms with Crippen LogP contribution in [0, 0.1) is 23.7 Å². The van der Waals surface area contributed by atoms with Gasteiger partial charge >= 0.3 is 0 Å². The topological polar surface area (TPSA) is 95.0 Å². The van der Waals surface area contributed by atoms with Crippen molar-refractivity contribution in [2.75, 3.05) is 40.4 Å². The molecule has 6 fully saturated rings. The quantitative estimate of drug-likeness (QED) is 0.120. The Hall–Kier alpha value is -5.06. The van der Waals surface area contributed by atoms with Crippen molar-refractivity contribution in [3.63, 3.8) is 0 Å². The molecule has 6 aliphatic rings. The van der Waals surface area contributed by atoms with Crippen LogP contribution in [0.1, 0.15) is 75.7 Å². The Morgan fingerprint density at radius 3 is 1.47 bits per heavy atom. The lowest BCUT2D eigenvalue weighted by molar-refractivity contribution is -0.0505. The maximum atomic E-state index is 7.30. The minimum absolute atomic E-state index is 0.180. The number of piperidine rings is 6. The summed E-state index contributed by atoms with van der Waals surface area (Å²) < 4.78 is 26.0. The molecular formula is C48H54N6O4. The van der Waals surface area contributed by atoms with Crippen molar-refractivity contribution in [1.82, 2.24) is 30.0 Å². The highest BCUT2D eigenvalue weighted by atomic mass is 16.5. The number of benzene rings is 3. The van der Waals surface area contributed by atoms with Crippen molar-refractivity contribution in [2.24, 2.45) is 23.7 Å². The average molecular weight is 779 g/mol. The Bertz CT molecular complexity index is 2280. The van der Waals surface area contributed by atoms with Crippen molar-refractivity contribution in [3.8, 4) is 23.3 Å². The lowest BCUT2D eigenvalue weighted by Gasteiger charge is -2.52. The first-order valence-corrected chi connectivity index (χ1v) is 21.5. The molecule has 12 rings (SSSR count). The summed E-state index contributed by atoms with van der Waals surface area (Å²) in [7, 11) is 3.42. The van der Waals surface area contributed by atoms with E-state index in [0.717, 1.165) is 94.2 Å². The third kappa shape index (κ3) is 6.58. The second kappa shape index (κ2) is 15.6. The van der Waals surface area contributed by atoms with Crippen LogP contribution in [0.2, 0.25) is 0 Å². The van der Waals surface area contributed by atoms with E-state index < -0.39 is 0 Å². The van der Waals surface area contributed by atoms with Crippen molar-refractivity contribution < 1.29 is 18.9 Å². The van der Waals surface area contributed by atoms with Crippen LogP contribution in [0.25, 0.3) is 32.6 Å². The van der Waals surface area contributed by atoms with Gasteiger partial charge in [-0.15, -0.1) is 10.2 Å². The van der Waals surface area contributed by atoms with Gasteiger partial charge in [-0.1, -0.05) is 38.8 Å². The minimum Gasteiger partial charge on any atom is -0.497 e. The number of nitrogens with zero attached hydrogens (tertiary/aromatic N) is 6. The Labute approximate surface area is 340 Å². The highest BCUT2D eigenvalue weighted by Crippen LogP contribution is 2.47. The van der Waals surface area contributed by atoms with Crippen LogP contribution in [0.4, 0.5) is 0 Å². The molecule has 4 bridgehead atoms. The molecule has 6 unspecified atom stereocenters. The highest BCUT2D eigenvalue weighted by molar-refractivity contribution is 5.91. The number of pyridine rings is 2. The minimum atomic E-state index is -0.300. The van der Waals surface area contributed by atoms with E-state index in [1.54, 1.807) is 14.2 Å². The van der Waals surface area contributed by atoms with Gasteiger partial charge in [0.05, 0.1) is 48.1 Å². The summed E-state index contributed by atoms with van der Waals surface area (Å²) in [5.74, 6) is 5.39. The van der Waals surface area contributed by atoms with E-state index in [2.05, 4.69) is 72.2 Å². The molecule has 0 amide bonds. The van der Waals surface area contributed by atoms with Gasteiger partial charge in [0.1, 0.15) is 23.7 Å². The molecule has 10 atom stereocenters. The molecular weight excluding hydrogens is 725 g/mol. The number of hydrogen-bond donors (Lipinski definition) is 0. The Kier molecular flexibility index (Phi) is 10.0. The first-order valence-electron chi connectivity index (χ1n) is 21.5. The summed E-state index contributed by atoms with van der Waals surface area (Å²) >= 11 is 0. The third-order valence-corrected chi connectivity index (χ3v) is 14.3. The van der Waals surface area contributed by atoms with Crippen LogP contribution < -0.4 is 18.9 Å². The molecule has 6 aliphatic heterocycles. The molecule has 300 valence electrons. The zero-order valence-electron chi connectivity index (χ0n) is 34.1. The summed E-state index contributed by atoms with van der Waals surface area (Å²) in [6.45, 7) is 9.00. The molecule has 6 aromatic rings. The molecule has 58 heavy (non-hydrogen) atoms. The predicted octanol–water partition coefficient (Wildman–Crippen LogP) is 9.22. The van der Waals surface area contributed by atoms with E-state index in [-0.39, 0.29) is 24.3 Å². The van der Waals surface area contributed by atoms with Gasteiger partial charge < -0.3 is 18.9 Å². The van der Waals surface area contributed by atoms with E-state index in [1.165, 1.54) is 25.7 Å². The second-order valence-electron chi connectivity index (χ2n) is 17.0. The number of ether oxygens (including phenoxy) is 4. The zero-order chi connectivity index (χ0) is 39.3. The van der Waals surface area contributed by atoms with Crippen molar-refractivity contribution in [3.05, 3.63) is 96.3 Å². The molecule has 6 saturated heterocycles. The first kappa shape index (κ1) is 37.2. The first-order chi connectivity index (χ1) is 28.5. The predicted molar refractivity (Wildman–Crippen MR) is 227 cm³/mol. The molecule has 0 saturated carbocycles. The lowest BCUT2D eigenvalue weighted by Crippen LogP contribution is -2.56. The van der Waals surface area contributed by atoms with Gasteiger partial charge in [0.25, 0.3) is 0 Å². The summed E-state index contributed by atoms with van der Waals surface area (Å²) in [5, 5.41) is 13.7. The molecule has 3 aromatic heterocycles. The van der Waals surface area contributed by atoms with E-state index in [4.69, 9.17) is 39.1 Å². The average Bonchev–Trinajstić information content (AvgIpc) is 3.29. The molecule has 3 aromatic carbocycles. The van der Waals surface area contributed by atoms with Gasteiger partial charge in [-0.2, -0.15) is 0 Å². The number of methoxy groups -OCH3 is 2.